The fourth-order valence-corrected chi connectivity index (χ4v) is 3.00. The molecule has 1 saturated heterocycles. The minimum atomic E-state index is -0.171. The molecular weight excluding hydrogens is 264 g/mol. The van der Waals surface area contributed by atoms with Crippen molar-refractivity contribution < 1.29 is 9.53 Å². The number of nitrogens with one attached hydrogen (secondary N) is 1. The lowest BCUT2D eigenvalue weighted by molar-refractivity contribution is 0.0942. The van der Waals surface area contributed by atoms with Crippen molar-refractivity contribution in [3.8, 4) is 0 Å². The Morgan fingerprint density at radius 2 is 2.21 bits per heavy atom. The van der Waals surface area contributed by atoms with Crippen LogP contribution in [0.3, 0.4) is 0 Å². The summed E-state index contributed by atoms with van der Waals surface area (Å²) >= 11 is 1.37. The fraction of sp³-hybridized carbons (Fsp3) is 0.667. The van der Waals surface area contributed by atoms with E-state index in [-0.39, 0.29) is 5.91 Å². The van der Waals surface area contributed by atoms with Crippen molar-refractivity contribution in [2.24, 2.45) is 0 Å². The maximum absolute atomic E-state index is 11.9. The summed E-state index contributed by atoms with van der Waals surface area (Å²) < 4.78 is 4.89. The average molecular weight is 284 g/mol. The molecule has 0 atom stereocenters. The molecule has 0 radical (unpaired) electrons. The number of rotatable bonds is 5. The summed E-state index contributed by atoms with van der Waals surface area (Å²) in [4.78, 5) is 19.0. The van der Waals surface area contributed by atoms with Crippen LogP contribution in [0.2, 0.25) is 0 Å². The molecule has 0 spiro atoms. The molecule has 0 aliphatic carbocycles. The molecule has 1 amide bonds. The van der Waals surface area contributed by atoms with Gasteiger partial charge in [0.05, 0.1) is 6.61 Å². The maximum Gasteiger partial charge on any atom is 0.265 e. The highest BCUT2D eigenvalue weighted by Gasteiger charge is 2.20. The van der Waals surface area contributed by atoms with E-state index >= 15 is 0 Å². The third kappa shape index (κ3) is 3.57. The monoisotopic (exact) mass is 284 g/mol. The number of methoxy groups -OCH3 is 1. The van der Waals surface area contributed by atoms with E-state index in [0.29, 0.717) is 23.8 Å². The van der Waals surface area contributed by atoms with E-state index in [1.165, 1.54) is 30.6 Å². The number of nitrogen functional groups attached to an aromatic ring is 1. The quantitative estimate of drug-likeness (QED) is 0.791. The van der Waals surface area contributed by atoms with E-state index in [1.54, 1.807) is 7.11 Å². The van der Waals surface area contributed by atoms with Crippen molar-refractivity contribution in [3.63, 3.8) is 0 Å². The predicted molar refractivity (Wildman–Crippen MR) is 76.8 cm³/mol. The van der Waals surface area contributed by atoms with E-state index in [2.05, 4.69) is 15.2 Å². The molecule has 1 aliphatic rings. The average Bonchev–Trinajstić information content (AvgIpc) is 2.82. The van der Waals surface area contributed by atoms with Crippen molar-refractivity contribution in [2.75, 3.05) is 44.0 Å². The van der Waals surface area contributed by atoms with Gasteiger partial charge < -0.3 is 20.7 Å². The van der Waals surface area contributed by atoms with Gasteiger partial charge in [0.2, 0.25) is 0 Å². The van der Waals surface area contributed by atoms with Crippen molar-refractivity contribution in [1.82, 2.24) is 10.3 Å². The van der Waals surface area contributed by atoms with E-state index in [1.807, 2.05) is 0 Å². The molecule has 106 valence electrons. The standard InChI is InChI=1S/C12H20N4O2S/c1-18-8-5-14-11(17)9-10(13)15-12(19-9)16-6-3-2-4-7-16/h2-8,13H2,1H3,(H,14,17). The molecule has 1 aliphatic heterocycles. The van der Waals surface area contributed by atoms with Crippen LogP contribution in [0.1, 0.15) is 28.9 Å². The lowest BCUT2D eigenvalue weighted by Gasteiger charge is -2.25. The van der Waals surface area contributed by atoms with Crippen LogP contribution in [0.5, 0.6) is 0 Å². The number of ether oxygens (including phenoxy) is 1. The number of carbonyl (C=O) groups is 1. The van der Waals surface area contributed by atoms with E-state index in [9.17, 15) is 4.79 Å². The number of piperidine rings is 1. The summed E-state index contributed by atoms with van der Waals surface area (Å²) in [5.41, 5.74) is 5.83. The topological polar surface area (TPSA) is 80.5 Å². The van der Waals surface area contributed by atoms with Crippen LogP contribution in [-0.4, -0.2) is 44.2 Å². The number of hydrogen-bond donors (Lipinski definition) is 2. The highest BCUT2D eigenvalue weighted by atomic mass is 32.1. The Balaban J connectivity index is 2.01. The zero-order valence-electron chi connectivity index (χ0n) is 11.1. The first-order chi connectivity index (χ1) is 9.22. The Morgan fingerprint density at radius 3 is 2.89 bits per heavy atom. The van der Waals surface area contributed by atoms with Crippen molar-refractivity contribution in [3.05, 3.63) is 4.88 Å². The summed E-state index contributed by atoms with van der Waals surface area (Å²) in [6, 6.07) is 0. The molecule has 3 N–H and O–H groups in total. The third-order valence-corrected chi connectivity index (χ3v) is 4.20. The number of carbonyl (C=O) groups excluding carboxylic acids is 1. The van der Waals surface area contributed by atoms with Gasteiger partial charge in [0.15, 0.2) is 5.13 Å². The molecule has 6 nitrogen and oxygen atoms in total. The van der Waals surface area contributed by atoms with Crippen molar-refractivity contribution in [1.29, 1.82) is 0 Å². The number of nitrogens with zero attached hydrogens (tertiary/aromatic N) is 2. The van der Waals surface area contributed by atoms with Crippen LogP contribution >= 0.6 is 11.3 Å². The molecule has 7 heteroatoms. The Morgan fingerprint density at radius 1 is 1.47 bits per heavy atom. The van der Waals surface area contributed by atoms with Crippen LogP contribution in [0, 0.1) is 0 Å². The Kier molecular flexibility index (Phi) is 4.98. The molecular formula is C12H20N4O2S. The van der Waals surface area contributed by atoms with E-state index < -0.39 is 0 Å². The van der Waals surface area contributed by atoms with Gasteiger partial charge in [-0.05, 0) is 19.3 Å². The highest BCUT2D eigenvalue weighted by molar-refractivity contribution is 7.18. The number of anilines is 2. The number of aromatic nitrogens is 1. The first kappa shape index (κ1) is 14.1. The second kappa shape index (κ2) is 6.72. The lowest BCUT2D eigenvalue weighted by Crippen LogP contribution is -2.29. The molecule has 1 aromatic rings. The van der Waals surface area contributed by atoms with Gasteiger partial charge in [-0.1, -0.05) is 11.3 Å². The SMILES string of the molecule is COCCNC(=O)c1sc(N2CCCCC2)nc1N. The van der Waals surface area contributed by atoms with Crippen LogP contribution in [0.4, 0.5) is 10.9 Å². The van der Waals surface area contributed by atoms with Gasteiger partial charge in [-0.3, -0.25) is 4.79 Å². The van der Waals surface area contributed by atoms with Crippen molar-refractivity contribution >= 4 is 28.2 Å². The van der Waals surface area contributed by atoms with E-state index in [0.717, 1.165) is 18.2 Å². The van der Waals surface area contributed by atoms with Gasteiger partial charge in [-0.15, -0.1) is 0 Å². The summed E-state index contributed by atoms with van der Waals surface area (Å²) in [6.45, 7) is 2.96. The highest BCUT2D eigenvalue weighted by Crippen LogP contribution is 2.29. The van der Waals surface area contributed by atoms with Crippen molar-refractivity contribution in [2.45, 2.75) is 19.3 Å². The third-order valence-electron chi connectivity index (χ3n) is 3.07. The van der Waals surface area contributed by atoms with Gasteiger partial charge in [0, 0.05) is 26.7 Å². The Hall–Kier alpha value is -1.34. The van der Waals surface area contributed by atoms with Gasteiger partial charge >= 0.3 is 0 Å². The van der Waals surface area contributed by atoms with Crippen LogP contribution in [0.25, 0.3) is 0 Å². The van der Waals surface area contributed by atoms with Crippen LogP contribution in [-0.2, 0) is 4.74 Å². The summed E-state index contributed by atoms with van der Waals surface area (Å²) in [5, 5.41) is 3.62. The van der Waals surface area contributed by atoms with E-state index in [4.69, 9.17) is 10.5 Å². The van der Waals surface area contributed by atoms with Gasteiger partial charge in [0.1, 0.15) is 10.7 Å². The van der Waals surface area contributed by atoms with Gasteiger partial charge in [0.25, 0.3) is 5.91 Å². The zero-order valence-corrected chi connectivity index (χ0v) is 12.0. The number of nitrogens with two attached hydrogens (primary N) is 1. The molecule has 19 heavy (non-hydrogen) atoms. The number of thiazole rings is 1. The van der Waals surface area contributed by atoms with Gasteiger partial charge in [-0.2, -0.15) is 0 Å². The minimum Gasteiger partial charge on any atom is -0.383 e. The molecule has 2 heterocycles. The normalized spacial score (nSPS) is 15.5. The second-order valence-corrected chi connectivity index (χ2v) is 5.48. The minimum absolute atomic E-state index is 0.171. The van der Waals surface area contributed by atoms with Gasteiger partial charge in [-0.25, -0.2) is 4.98 Å². The Bertz CT molecular complexity index is 429. The Labute approximate surface area is 116 Å². The summed E-state index contributed by atoms with van der Waals surface area (Å²) in [7, 11) is 1.60. The fourth-order valence-electron chi connectivity index (χ4n) is 2.05. The molecule has 0 aromatic carbocycles. The molecule has 1 aromatic heterocycles. The molecule has 0 unspecified atom stereocenters. The predicted octanol–water partition coefficient (Wildman–Crippen LogP) is 1.09. The summed E-state index contributed by atoms with van der Waals surface area (Å²) in [6.07, 6.45) is 3.62. The lowest BCUT2D eigenvalue weighted by atomic mass is 10.1. The van der Waals surface area contributed by atoms with Crippen LogP contribution in [0.15, 0.2) is 0 Å². The number of amides is 1. The number of hydrogen-bond acceptors (Lipinski definition) is 6. The molecule has 2 rings (SSSR count). The first-order valence-corrected chi connectivity index (χ1v) is 7.32. The molecule has 0 saturated carbocycles. The molecule has 1 fully saturated rings. The van der Waals surface area contributed by atoms with Crippen LogP contribution < -0.4 is 16.0 Å². The first-order valence-electron chi connectivity index (χ1n) is 6.50. The second-order valence-electron chi connectivity index (χ2n) is 4.51. The molecule has 0 bridgehead atoms. The largest absolute Gasteiger partial charge is 0.383 e. The smallest absolute Gasteiger partial charge is 0.265 e. The zero-order chi connectivity index (χ0) is 13.7. The maximum atomic E-state index is 11.9. The summed E-state index contributed by atoms with van der Waals surface area (Å²) in [5.74, 6) is 0.149.